The van der Waals surface area contributed by atoms with Crippen LogP contribution in [0.2, 0.25) is 0 Å². The van der Waals surface area contributed by atoms with Gasteiger partial charge in [0.15, 0.2) is 0 Å². The van der Waals surface area contributed by atoms with Gasteiger partial charge >= 0.3 is 5.97 Å². The Kier molecular flexibility index (Phi) is 10.3. The van der Waals surface area contributed by atoms with Crippen molar-refractivity contribution in [1.82, 2.24) is 5.32 Å². The van der Waals surface area contributed by atoms with Crippen LogP contribution in [0.5, 0.6) is 0 Å². The maximum absolute atomic E-state index is 11.5. The second kappa shape index (κ2) is 11.3. The lowest BCUT2D eigenvalue weighted by atomic mass is 10.1. The van der Waals surface area contributed by atoms with E-state index in [0.717, 1.165) is 19.3 Å². The zero-order valence-electron chi connectivity index (χ0n) is 11.3. The molecule has 1 amide bonds. The second-order valence-corrected chi connectivity index (χ2v) is 4.37. The number of carbonyl (C=O) groups excluding carboxylic acids is 1. The number of unbranched alkanes of at least 4 members (excludes halogenated alkanes) is 3. The van der Waals surface area contributed by atoms with Gasteiger partial charge in [-0.05, 0) is 24.8 Å². The van der Waals surface area contributed by atoms with Crippen LogP contribution in [0, 0.1) is 0 Å². The zero-order valence-corrected chi connectivity index (χ0v) is 11.3. The molecule has 7 heteroatoms. The van der Waals surface area contributed by atoms with Gasteiger partial charge in [-0.3, -0.25) is 4.79 Å². The molecular weight excluding hydrogens is 248 g/mol. The van der Waals surface area contributed by atoms with Gasteiger partial charge in [-0.1, -0.05) is 31.3 Å². The molecule has 0 spiro atoms. The molecule has 0 aromatic carbocycles. The fourth-order valence-corrected chi connectivity index (χ4v) is 1.64. The van der Waals surface area contributed by atoms with Gasteiger partial charge < -0.3 is 10.4 Å². The average Bonchev–Trinajstić information content (AvgIpc) is 2.37. The fourth-order valence-electron chi connectivity index (χ4n) is 1.64. The summed E-state index contributed by atoms with van der Waals surface area (Å²) in [5.41, 5.74) is 8.07. The van der Waals surface area contributed by atoms with Crippen molar-refractivity contribution < 1.29 is 14.7 Å². The van der Waals surface area contributed by atoms with Crippen molar-refractivity contribution in [3.05, 3.63) is 10.4 Å². The molecule has 0 radical (unpaired) electrons. The van der Waals surface area contributed by atoms with Crippen LogP contribution in [0.1, 0.15) is 51.9 Å². The Labute approximate surface area is 113 Å². The Hall–Kier alpha value is -1.75. The van der Waals surface area contributed by atoms with Crippen molar-refractivity contribution in [2.24, 2.45) is 5.11 Å². The number of hydrogen-bond acceptors (Lipinski definition) is 3. The molecule has 0 bridgehead atoms. The predicted octanol–water partition coefficient (Wildman–Crippen LogP) is 2.62. The van der Waals surface area contributed by atoms with Crippen LogP contribution >= 0.6 is 0 Å². The first kappa shape index (κ1) is 17.2. The summed E-state index contributed by atoms with van der Waals surface area (Å²) in [6.45, 7) is 2.40. The molecule has 0 aliphatic rings. The topological polar surface area (TPSA) is 115 Å². The number of aliphatic carboxylic acids is 1. The SMILES string of the molecule is CCCCC[C@H](NC(=O)CCCCN=[N+]=[N-])C(=O)O. The lowest BCUT2D eigenvalue weighted by Crippen LogP contribution is -2.40. The molecule has 0 rings (SSSR count). The van der Waals surface area contributed by atoms with Crippen molar-refractivity contribution in [3.8, 4) is 0 Å². The molecular formula is C12H22N4O3. The quantitative estimate of drug-likeness (QED) is 0.260. The average molecular weight is 270 g/mol. The maximum Gasteiger partial charge on any atom is 0.326 e. The smallest absolute Gasteiger partial charge is 0.326 e. The number of azide groups is 1. The Balaban J connectivity index is 3.89. The van der Waals surface area contributed by atoms with Gasteiger partial charge in [0.1, 0.15) is 6.04 Å². The Morgan fingerprint density at radius 1 is 1.32 bits per heavy atom. The minimum absolute atomic E-state index is 0.259. The molecule has 0 saturated carbocycles. The molecule has 7 nitrogen and oxygen atoms in total. The van der Waals surface area contributed by atoms with Crippen LogP contribution < -0.4 is 5.32 Å². The van der Waals surface area contributed by atoms with Crippen molar-refractivity contribution in [1.29, 1.82) is 0 Å². The van der Waals surface area contributed by atoms with E-state index in [1.807, 2.05) is 6.92 Å². The second-order valence-electron chi connectivity index (χ2n) is 4.37. The number of nitrogens with zero attached hydrogens (tertiary/aromatic N) is 3. The van der Waals surface area contributed by atoms with Gasteiger partial charge in [-0.15, -0.1) is 0 Å². The summed E-state index contributed by atoms with van der Waals surface area (Å²) < 4.78 is 0. The van der Waals surface area contributed by atoms with E-state index in [4.69, 9.17) is 10.6 Å². The molecule has 108 valence electrons. The highest BCUT2D eigenvalue weighted by Crippen LogP contribution is 2.05. The molecule has 0 aromatic heterocycles. The number of nitrogens with one attached hydrogen (secondary N) is 1. The van der Waals surface area contributed by atoms with Gasteiger partial charge in [0.25, 0.3) is 0 Å². The van der Waals surface area contributed by atoms with Crippen molar-refractivity contribution in [2.75, 3.05) is 6.54 Å². The van der Waals surface area contributed by atoms with E-state index in [2.05, 4.69) is 15.3 Å². The molecule has 0 aromatic rings. The number of amides is 1. The minimum Gasteiger partial charge on any atom is -0.480 e. The van der Waals surface area contributed by atoms with Crippen LogP contribution in [0.3, 0.4) is 0 Å². The predicted molar refractivity (Wildman–Crippen MR) is 71.6 cm³/mol. The molecule has 0 aliphatic carbocycles. The molecule has 0 fully saturated rings. The summed E-state index contributed by atoms with van der Waals surface area (Å²) in [5, 5.41) is 14.9. The van der Waals surface area contributed by atoms with Crippen molar-refractivity contribution in [2.45, 2.75) is 57.9 Å². The first-order valence-electron chi connectivity index (χ1n) is 6.64. The van der Waals surface area contributed by atoms with Gasteiger partial charge in [-0.2, -0.15) is 0 Å². The van der Waals surface area contributed by atoms with E-state index in [-0.39, 0.29) is 12.3 Å². The van der Waals surface area contributed by atoms with E-state index in [9.17, 15) is 9.59 Å². The Morgan fingerprint density at radius 2 is 2.05 bits per heavy atom. The van der Waals surface area contributed by atoms with Crippen LogP contribution in [0.25, 0.3) is 10.4 Å². The fraction of sp³-hybridized carbons (Fsp3) is 0.833. The minimum atomic E-state index is -0.987. The lowest BCUT2D eigenvalue weighted by molar-refractivity contribution is -0.142. The number of rotatable bonds is 11. The zero-order chi connectivity index (χ0) is 14.5. The molecule has 1 atom stereocenters. The standard InChI is InChI=1S/C12H22N4O3/c1-2-3-4-7-10(12(18)19)15-11(17)8-5-6-9-14-16-13/h10H,2-9H2,1H3,(H,15,17)(H,18,19)/t10-/m0/s1. The normalized spacial score (nSPS) is 11.4. The third-order valence-electron chi connectivity index (χ3n) is 2.70. The highest BCUT2D eigenvalue weighted by Gasteiger charge is 2.18. The van der Waals surface area contributed by atoms with Gasteiger partial charge in [0, 0.05) is 17.9 Å². The first-order chi connectivity index (χ1) is 9.11. The monoisotopic (exact) mass is 270 g/mol. The summed E-state index contributed by atoms with van der Waals surface area (Å²) in [5.74, 6) is -1.25. The summed E-state index contributed by atoms with van der Waals surface area (Å²) >= 11 is 0. The van der Waals surface area contributed by atoms with Crippen LogP contribution in [0.4, 0.5) is 0 Å². The molecule has 0 aliphatic heterocycles. The summed E-state index contributed by atoms with van der Waals surface area (Å²) in [4.78, 5) is 25.1. The van der Waals surface area contributed by atoms with Crippen LogP contribution in [-0.2, 0) is 9.59 Å². The number of carboxylic acid groups (broad SMARTS) is 1. The Morgan fingerprint density at radius 3 is 2.63 bits per heavy atom. The van der Waals surface area contributed by atoms with E-state index in [1.54, 1.807) is 0 Å². The number of carbonyl (C=O) groups is 2. The third kappa shape index (κ3) is 9.91. The molecule has 0 unspecified atom stereocenters. The van der Waals surface area contributed by atoms with Crippen molar-refractivity contribution in [3.63, 3.8) is 0 Å². The van der Waals surface area contributed by atoms with E-state index >= 15 is 0 Å². The molecule has 2 N–H and O–H groups in total. The van der Waals surface area contributed by atoms with Gasteiger partial charge in [-0.25, -0.2) is 4.79 Å². The largest absolute Gasteiger partial charge is 0.480 e. The number of hydrogen-bond donors (Lipinski definition) is 2. The molecule has 0 saturated heterocycles. The molecule has 19 heavy (non-hydrogen) atoms. The van der Waals surface area contributed by atoms with E-state index in [0.29, 0.717) is 25.8 Å². The number of carboxylic acids is 1. The highest BCUT2D eigenvalue weighted by molar-refractivity contribution is 5.83. The third-order valence-corrected chi connectivity index (χ3v) is 2.70. The summed E-state index contributed by atoms with van der Waals surface area (Å²) in [7, 11) is 0. The van der Waals surface area contributed by atoms with Crippen LogP contribution in [0.15, 0.2) is 5.11 Å². The Bertz CT molecular complexity index is 327. The molecule has 0 heterocycles. The van der Waals surface area contributed by atoms with Gasteiger partial charge in [0.2, 0.25) is 5.91 Å². The van der Waals surface area contributed by atoms with Crippen molar-refractivity contribution >= 4 is 11.9 Å². The van der Waals surface area contributed by atoms with E-state index in [1.165, 1.54) is 0 Å². The van der Waals surface area contributed by atoms with Gasteiger partial charge in [0.05, 0.1) is 0 Å². The maximum atomic E-state index is 11.5. The highest BCUT2D eigenvalue weighted by atomic mass is 16.4. The first-order valence-corrected chi connectivity index (χ1v) is 6.64. The van der Waals surface area contributed by atoms with E-state index < -0.39 is 12.0 Å². The lowest BCUT2D eigenvalue weighted by Gasteiger charge is -2.14. The summed E-state index contributed by atoms with van der Waals surface area (Å²) in [6, 6.07) is -0.795. The van der Waals surface area contributed by atoms with Crippen LogP contribution in [-0.4, -0.2) is 29.6 Å². The summed E-state index contributed by atoms with van der Waals surface area (Å²) in [6.07, 6.45) is 4.72.